The molecule has 14 nitrogen and oxygen atoms in total. The average molecular weight is 664 g/mol. The molecule has 226 valence electrons. The largest absolute Gasteiger partial charge is 0.549 e. The lowest BCUT2D eigenvalue weighted by Gasteiger charge is -2.55. The van der Waals surface area contributed by atoms with Gasteiger partial charge in [0.05, 0.1) is 12.0 Å². The van der Waals surface area contributed by atoms with E-state index >= 15 is 0 Å². The molecule has 18 heteroatoms. The highest BCUT2D eigenvalue weighted by Crippen LogP contribution is 2.44. The molecule has 4 heterocycles. The predicted octanol–water partition coefficient (Wildman–Crippen LogP) is -0.116. The molecular formula is C25H26ClN9O5S3. The van der Waals surface area contributed by atoms with Crippen LogP contribution in [0, 0.1) is 5.41 Å². The van der Waals surface area contributed by atoms with Gasteiger partial charge in [-0.25, -0.2) is 4.98 Å². The number of rotatable bonds is 10. The SMILES string of the molecule is CCON=C(C(=O)NC1C(=O)N2CC(CSc3nc(N)cc(N)[n+]3-c3ccc(Cl)cc3)(C(=O)[O-])CS[C@H]12)c1csc(N)n1. The number of carboxylic acids is 1. The number of carbonyl (C=O) groups is 3. The minimum atomic E-state index is -1.42. The number of halogens is 1. The standard InChI is InChI=1S/C25H26ClN9O5S3/c1-2-40-33-17(14-8-41-23(29)30-14)19(36)32-18-20(37)34-9-25(22(38)39,10-42-21(18)34)11-43-24-31-15(27)7-16(28)35(24)13-5-3-12(26)4-6-13/h3-8,18,21H,2,9-11H2,1H3,(H7,27,28,29,30,32,36,38,39)/t18?,21-,25?/m1/s1. The Morgan fingerprint density at radius 1 is 1.30 bits per heavy atom. The van der Waals surface area contributed by atoms with E-state index in [0.29, 0.717) is 21.7 Å². The number of hydrogen-bond acceptors (Lipinski definition) is 14. The molecule has 3 aromatic rings. The van der Waals surface area contributed by atoms with Crippen molar-refractivity contribution in [2.75, 3.05) is 41.9 Å². The Bertz CT molecular complexity index is 1610. The second kappa shape index (κ2) is 12.4. The zero-order chi connectivity index (χ0) is 30.9. The molecule has 1 aromatic carbocycles. The van der Waals surface area contributed by atoms with Crippen molar-refractivity contribution >= 4 is 86.7 Å². The van der Waals surface area contributed by atoms with Crippen molar-refractivity contribution in [3.63, 3.8) is 0 Å². The maximum absolute atomic E-state index is 13.2. The summed E-state index contributed by atoms with van der Waals surface area (Å²) in [5, 5.41) is 21.3. The molecule has 2 fully saturated rings. The Hall–Kier alpha value is -3.80. The zero-order valence-corrected chi connectivity index (χ0v) is 25.8. The van der Waals surface area contributed by atoms with E-state index < -0.39 is 34.6 Å². The quantitative estimate of drug-likeness (QED) is 0.0557. The van der Waals surface area contributed by atoms with E-state index in [-0.39, 0.29) is 47.0 Å². The molecule has 5 rings (SSSR count). The van der Waals surface area contributed by atoms with Crippen LogP contribution in [-0.4, -0.2) is 74.4 Å². The lowest BCUT2D eigenvalue weighted by Crippen LogP contribution is -2.75. The van der Waals surface area contributed by atoms with Crippen LogP contribution < -0.4 is 32.2 Å². The first-order chi connectivity index (χ1) is 20.5. The number of oxime groups is 1. The summed E-state index contributed by atoms with van der Waals surface area (Å²) in [7, 11) is 0. The lowest BCUT2D eigenvalue weighted by molar-refractivity contribution is -0.626. The number of β-lactam (4-membered cyclic amide) rings is 1. The minimum absolute atomic E-state index is 0.00967. The molecule has 2 aromatic heterocycles. The van der Waals surface area contributed by atoms with E-state index in [2.05, 4.69) is 20.4 Å². The van der Waals surface area contributed by atoms with Crippen molar-refractivity contribution in [2.45, 2.75) is 23.5 Å². The first kappa shape index (κ1) is 30.7. The number of nitrogens with two attached hydrogens (primary N) is 3. The molecule has 3 atom stereocenters. The fourth-order valence-corrected chi connectivity index (χ4v) is 8.07. The second-order valence-electron chi connectivity index (χ2n) is 9.60. The summed E-state index contributed by atoms with van der Waals surface area (Å²) in [6.07, 6.45) is 0. The maximum Gasteiger partial charge on any atom is 0.305 e. The number of aliphatic carboxylic acids is 1. The molecule has 0 saturated carbocycles. The fraction of sp³-hybridized carbons (Fsp3) is 0.320. The van der Waals surface area contributed by atoms with Crippen LogP contribution in [0.15, 0.2) is 46.0 Å². The number of nitrogens with zero attached hydrogens (tertiary/aromatic N) is 5. The van der Waals surface area contributed by atoms with Crippen molar-refractivity contribution < 1.29 is 28.9 Å². The first-order valence-electron chi connectivity index (χ1n) is 12.8. The third-order valence-electron chi connectivity index (χ3n) is 6.66. The number of carboxylic acid groups (broad SMARTS) is 1. The molecule has 0 bridgehead atoms. The number of benzene rings is 1. The molecule has 0 spiro atoms. The molecule has 2 aliphatic heterocycles. The number of nitrogen functional groups attached to an aromatic ring is 3. The van der Waals surface area contributed by atoms with E-state index in [1.807, 2.05) is 0 Å². The summed E-state index contributed by atoms with van der Waals surface area (Å²) in [5.41, 5.74) is 17.2. The van der Waals surface area contributed by atoms with Gasteiger partial charge in [0.15, 0.2) is 10.8 Å². The van der Waals surface area contributed by atoms with E-state index in [1.165, 1.54) is 22.7 Å². The molecule has 0 radical (unpaired) electrons. The number of anilines is 3. The molecule has 2 saturated heterocycles. The average Bonchev–Trinajstić information content (AvgIpc) is 3.40. The van der Waals surface area contributed by atoms with Crippen LogP contribution in [0.5, 0.6) is 0 Å². The van der Waals surface area contributed by atoms with Crippen LogP contribution >= 0.6 is 46.5 Å². The highest BCUT2D eigenvalue weighted by Gasteiger charge is 2.56. The number of nitrogens with one attached hydrogen (secondary N) is 1. The van der Waals surface area contributed by atoms with E-state index in [4.69, 9.17) is 33.6 Å². The third-order valence-corrected chi connectivity index (χ3v) is 10.4. The monoisotopic (exact) mass is 663 g/mol. The van der Waals surface area contributed by atoms with Crippen molar-refractivity contribution in [3.8, 4) is 5.69 Å². The van der Waals surface area contributed by atoms with Gasteiger partial charge in [0.25, 0.3) is 5.91 Å². The Kier molecular flexibility index (Phi) is 8.86. The number of thiazole rings is 1. The van der Waals surface area contributed by atoms with Crippen LogP contribution in [0.4, 0.5) is 16.8 Å². The van der Waals surface area contributed by atoms with Gasteiger partial charge >= 0.3 is 5.16 Å². The smallest absolute Gasteiger partial charge is 0.305 e. The topological polar surface area (TPSA) is 219 Å². The van der Waals surface area contributed by atoms with Gasteiger partial charge in [-0.05, 0) is 31.2 Å². The number of fused-ring (bicyclic) bond motifs is 1. The molecule has 2 unspecified atom stereocenters. The lowest BCUT2D eigenvalue weighted by atomic mass is 9.89. The predicted molar refractivity (Wildman–Crippen MR) is 162 cm³/mol. The van der Waals surface area contributed by atoms with Gasteiger partial charge in [0, 0.05) is 33.9 Å². The van der Waals surface area contributed by atoms with Crippen LogP contribution in [-0.2, 0) is 19.2 Å². The summed E-state index contributed by atoms with van der Waals surface area (Å²) < 4.78 is 1.64. The van der Waals surface area contributed by atoms with Crippen LogP contribution in [0.2, 0.25) is 5.02 Å². The van der Waals surface area contributed by atoms with E-state index in [9.17, 15) is 19.5 Å². The molecule has 7 N–H and O–H groups in total. The Morgan fingerprint density at radius 3 is 2.70 bits per heavy atom. The molecule has 0 aliphatic carbocycles. The Morgan fingerprint density at radius 2 is 2.05 bits per heavy atom. The summed E-state index contributed by atoms with van der Waals surface area (Å²) in [4.78, 5) is 53.7. The van der Waals surface area contributed by atoms with Gasteiger partial charge in [0.2, 0.25) is 17.5 Å². The summed E-state index contributed by atoms with van der Waals surface area (Å²) >= 11 is 9.53. The molecule has 2 aliphatic rings. The fourth-order valence-electron chi connectivity index (χ4n) is 4.51. The third kappa shape index (κ3) is 6.15. The van der Waals surface area contributed by atoms with Gasteiger partial charge in [-0.3, -0.25) is 9.59 Å². The van der Waals surface area contributed by atoms with Crippen molar-refractivity contribution in [1.29, 1.82) is 0 Å². The molecule has 43 heavy (non-hydrogen) atoms. The summed E-state index contributed by atoms with van der Waals surface area (Å²) in [5.74, 6) is -1.83. The summed E-state index contributed by atoms with van der Waals surface area (Å²) in [6, 6.07) is 7.48. The van der Waals surface area contributed by atoms with Crippen LogP contribution in [0.25, 0.3) is 5.69 Å². The number of hydrogen-bond donors (Lipinski definition) is 4. The van der Waals surface area contributed by atoms with Crippen LogP contribution in [0.1, 0.15) is 12.6 Å². The van der Waals surface area contributed by atoms with Gasteiger partial charge in [-0.15, -0.1) is 23.1 Å². The highest BCUT2D eigenvalue weighted by molar-refractivity contribution is 8.00. The Labute approximate surface area is 263 Å². The zero-order valence-electron chi connectivity index (χ0n) is 22.6. The maximum atomic E-state index is 13.2. The number of aromatic nitrogens is 3. The van der Waals surface area contributed by atoms with Crippen molar-refractivity contribution in [1.82, 2.24) is 20.2 Å². The number of amides is 2. The van der Waals surface area contributed by atoms with Gasteiger partial charge in [-0.1, -0.05) is 33.5 Å². The molecule has 2 amide bonds. The van der Waals surface area contributed by atoms with Gasteiger partial charge < -0.3 is 42.2 Å². The summed E-state index contributed by atoms with van der Waals surface area (Å²) in [6.45, 7) is 1.80. The minimum Gasteiger partial charge on any atom is -0.549 e. The second-order valence-corrected chi connectivity index (χ2v) is 13.0. The highest BCUT2D eigenvalue weighted by atomic mass is 35.5. The number of thioether (sulfide) groups is 2. The van der Waals surface area contributed by atoms with Crippen molar-refractivity contribution in [2.24, 2.45) is 10.6 Å². The van der Waals surface area contributed by atoms with Gasteiger partial charge in [0.1, 0.15) is 29.4 Å². The Balaban J connectivity index is 1.31. The van der Waals surface area contributed by atoms with E-state index in [1.54, 1.807) is 41.1 Å². The van der Waals surface area contributed by atoms with E-state index in [0.717, 1.165) is 23.1 Å². The van der Waals surface area contributed by atoms with Gasteiger partial charge in [-0.2, -0.15) is 4.57 Å². The normalized spacial score (nSPS) is 21.6. The van der Waals surface area contributed by atoms with Crippen molar-refractivity contribution in [3.05, 3.63) is 46.4 Å². The molecular weight excluding hydrogens is 638 g/mol. The van der Waals surface area contributed by atoms with Crippen LogP contribution in [0.3, 0.4) is 0 Å². The first-order valence-corrected chi connectivity index (χ1v) is 16.0. The number of carbonyl (C=O) groups excluding carboxylic acids is 3.